The number of rotatable bonds is 8. The van der Waals surface area contributed by atoms with Crippen LogP contribution in [0.4, 0.5) is 10.8 Å². The van der Waals surface area contributed by atoms with Gasteiger partial charge in [-0.15, -0.1) is 23.1 Å². The highest BCUT2D eigenvalue weighted by Crippen LogP contribution is 2.38. The molecule has 7 heteroatoms. The molecule has 0 spiro atoms. The number of nitrogens with zero attached hydrogens (tertiary/aromatic N) is 1. The number of aromatic nitrogens is 1. The summed E-state index contributed by atoms with van der Waals surface area (Å²) in [5, 5.41) is 6.08. The van der Waals surface area contributed by atoms with Crippen LogP contribution in [0.25, 0.3) is 11.3 Å². The molecule has 2 N–H and O–H groups in total. The molecule has 5 aromatic rings. The van der Waals surface area contributed by atoms with Crippen LogP contribution < -0.4 is 10.6 Å². The molecule has 194 valence electrons. The maximum absolute atomic E-state index is 13.5. The Morgan fingerprint density at radius 1 is 0.795 bits per heavy atom. The monoisotopic (exact) mass is 549 g/mol. The number of thioether (sulfide) groups is 1. The summed E-state index contributed by atoms with van der Waals surface area (Å²) in [6.07, 6.45) is 0. The van der Waals surface area contributed by atoms with E-state index in [2.05, 4.69) is 10.6 Å². The molecule has 39 heavy (non-hydrogen) atoms. The molecule has 0 fully saturated rings. The summed E-state index contributed by atoms with van der Waals surface area (Å²) in [7, 11) is 0. The summed E-state index contributed by atoms with van der Waals surface area (Å²) in [5.41, 5.74) is 5.14. The molecule has 2 amide bonds. The molecule has 0 saturated carbocycles. The van der Waals surface area contributed by atoms with Crippen molar-refractivity contribution < 1.29 is 9.59 Å². The van der Waals surface area contributed by atoms with Gasteiger partial charge in [-0.2, -0.15) is 0 Å². The van der Waals surface area contributed by atoms with Gasteiger partial charge in [-0.25, -0.2) is 4.98 Å². The van der Waals surface area contributed by atoms with Gasteiger partial charge in [0.15, 0.2) is 5.13 Å². The summed E-state index contributed by atoms with van der Waals surface area (Å²) >= 11 is 2.93. The number of thiazole rings is 1. The summed E-state index contributed by atoms with van der Waals surface area (Å²) in [6, 6.07) is 34.7. The summed E-state index contributed by atoms with van der Waals surface area (Å²) in [6.45, 7) is 3.97. The first-order chi connectivity index (χ1) is 19.0. The fraction of sp³-hybridized carbons (Fsp3) is 0.0938. The Balaban J connectivity index is 1.31. The highest BCUT2D eigenvalue weighted by molar-refractivity contribution is 8.00. The van der Waals surface area contributed by atoms with Gasteiger partial charge in [0.1, 0.15) is 5.25 Å². The van der Waals surface area contributed by atoms with Gasteiger partial charge in [0, 0.05) is 26.6 Å². The molecule has 1 heterocycles. The van der Waals surface area contributed by atoms with E-state index in [1.807, 2.05) is 117 Å². The van der Waals surface area contributed by atoms with Crippen LogP contribution in [0, 0.1) is 13.8 Å². The van der Waals surface area contributed by atoms with E-state index in [9.17, 15) is 9.59 Å². The van der Waals surface area contributed by atoms with Crippen molar-refractivity contribution in [2.45, 2.75) is 24.0 Å². The summed E-state index contributed by atoms with van der Waals surface area (Å²) in [5.74, 6) is -0.300. The van der Waals surface area contributed by atoms with Gasteiger partial charge in [0.25, 0.3) is 5.91 Å². The predicted molar refractivity (Wildman–Crippen MR) is 162 cm³/mol. The van der Waals surface area contributed by atoms with Crippen LogP contribution in [0.5, 0.6) is 0 Å². The van der Waals surface area contributed by atoms with Gasteiger partial charge >= 0.3 is 0 Å². The second kappa shape index (κ2) is 12.1. The Kier molecular flexibility index (Phi) is 8.20. The van der Waals surface area contributed by atoms with Crippen LogP contribution in [-0.4, -0.2) is 16.8 Å². The Morgan fingerprint density at radius 3 is 2.18 bits per heavy atom. The van der Waals surface area contributed by atoms with E-state index < -0.39 is 5.25 Å². The first-order valence-electron chi connectivity index (χ1n) is 12.5. The lowest BCUT2D eigenvalue weighted by molar-refractivity contribution is -0.115. The van der Waals surface area contributed by atoms with E-state index in [1.165, 1.54) is 23.1 Å². The molecule has 0 radical (unpaired) electrons. The largest absolute Gasteiger partial charge is 0.322 e. The SMILES string of the molecule is Cc1cccc(C(=O)Nc2ccc(SC(C(=O)Nc3nc(-c4ccccc4)c(C)s3)c3ccccc3)cc2)c1. The van der Waals surface area contributed by atoms with Crippen molar-refractivity contribution in [2.24, 2.45) is 0 Å². The van der Waals surface area contributed by atoms with Crippen LogP contribution in [0.2, 0.25) is 0 Å². The highest BCUT2D eigenvalue weighted by atomic mass is 32.2. The predicted octanol–water partition coefficient (Wildman–Crippen LogP) is 8.15. The van der Waals surface area contributed by atoms with Gasteiger partial charge in [-0.3, -0.25) is 9.59 Å². The van der Waals surface area contributed by atoms with Crippen molar-refractivity contribution in [2.75, 3.05) is 10.6 Å². The number of carbonyl (C=O) groups excluding carboxylic acids is 2. The second-order valence-corrected chi connectivity index (χ2v) is 11.4. The first kappa shape index (κ1) is 26.4. The highest BCUT2D eigenvalue weighted by Gasteiger charge is 2.24. The minimum Gasteiger partial charge on any atom is -0.322 e. The number of anilines is 2. The normalized spacial score (nSPS) is 11.5. The molecule has 0 aliphatic rings. The van der Waals surface area contributed by atoms with Crippen LogP contribution in [0.1, 0.15) is 31.6 Å². The first-order valence-corrected chi connectivity index (χ1v) is 14.2. The lowest BCUT2D eigenvalue weighted by atomic mass is 10.1. The van der Waals surface area contributed by atoms with Crippen molar-refractivity contribution in [1.82, 2.24) is 4.98 Å². The van der Waals surface area contributed by atoms with E-state index in [0.717, 1.165) is 32.2 Å². The smallest absolute Gasteiger partial charge is 0.255 e. The van der Waals surface area contributed by atoms with Gasteiger partial charge in [0.2, 0.25) is 5.91 Å². The van der Waals surface area contributed by atoms with E-state index in [0.29, 0.717) is 16.4 Å². The standard InChI is InChI=1S/C32H27N3O2S2/c1-21-10-9-15-25(20-21)30(36)33-26-16-18-27(19-17-26)39-29(24-13-7-4-8-14-24)31(37)35-32-34-28(22(2)38-32)23-11-5-3-6-12-23/h3-20,29H,1-2H3,(H,33,36)(H,34,35,37). The molecule has 5 nitrogen and oxygen atoms in total. The molecule has 0 bridgehead atoms. The quantitative estimate of drug-likeness (QED) is 0.192. The van der Waals surface area contributed by atoms with Gasteiger partial charge < -0.3 is 10.6 Å². The van der Waals surface area contributed by atoms with E-state index in [1.54, 1.807) is 6.07 Å². The number of nitrogens with one attached hydrogen (secondary N) is 2. The van der Waals surface area contributed by atoms with E-state index >= 15 is 0 Å². The fourth-order valence-electron chi connectivity index (χ4n) is 4.13. The molecule has 5 rings (SSSR count). The third-order valence-electron chi connectivity index (χ3n) is 6.06. The van der Waals surface area contributed by atoms with E-state index in [-0.39, 0.29) is 11.8 Å². The van der Waals surface area contributed by atoms with Crippen molar-refractivity contribution >= 4 is 45.7 Å². The zero-order valence-corrected chi connectivity index (χ0v) is 23.2. The number of amides is 2. The Bertz CT molecular complexity index is 1580. The van der Waals surface area contributed by atoms with Crippen molar-refractivity contribution in [3.8, 4) is 11.3 Å². The maximum Gasteiger partial charge on any atom is 0.255 e. The molecule has 0 saturated heterocycles. The van der Waals surface area contributed by atoms with Crippen molar-refractivity contribution in [1.29, 1.82) is 0 Å². The van der Waals surface area contributed by atoms with Gasteiger partial charge in [-0.1, -0.05) is 78.4 Å². The van der Waals surface area contributed by atoms with Crippen LogP contribution in [-0.2, 0) is 4.79 Å². The number of aryl methyl sites for hydroxylation is 2. The van der Waals surface area contributed by atoms with Crippen molar-refractivity contribution in [3.63, 3.8) is 0 Å². The third-order valence-corrected chi connectivity index (χ3v) is 8.21. The third kappa shape index (κ3) is 6.63. The number of hydrogen-bond donors (Lipinski definition) is 2. The second-order valence-electron chi connectivity index (χ2n) is 9.04. The molecule has 4 aromatic carbocycles. The lowest BCUT2D eigenvalue weighted by Gasteiger charge is -2.16. The Morgan fingerprint density at radius 2 is 1.49 bits per heavy atom. The Labute approximate surface area is 236 Å². The zero-order valence-electron chi connectivity index (χ0n) is 21.5. The van der Waals surface area contributed by atoms with Crippen LogP contribution in [0.15, 0.2) is 114 Å². The molecular weight excluding hydrogens is 523 g/mol. The van der Waals surface area contributed by atoms with Gasteiger partial charge in [-0.05, 0) is 55.8 Å². The Hall–Kier alpha value is -4.20. The average molecular weight is 550 g/mol. The molecular formula is C32H27N3O2S2. The maximum atomic E-state index is 13.5. The minimum absolute atomic E-state index is 0.142. The van der Waals surface area contributed by atoms with Crippen LogP contribution >= 0.6 is 23.1 Å². The number of benzene rings is 4. The molecule has 1 unspecified atom stereocenters. The van der Waals surface area contributed by atoms with Crippen molar-refractivity contribution in [3.05, 3.63) is 131 Å². The molecule has 1 atom stereocenters. The summed E-state index contributed by atoms with van der Waals surface area (Å²) in [4.78, 5) is 32.8. The zero-order chi connectivity index (χ0) is 27.2. The summed E-state index contributed by atoms with van der Waals surface area (Å²) < 4.78 is 0. The molecule has 0 aliphatic carbocycles. The number of carbonyl (C=O) groups is 2. The number of hydrogen-bond acceptors (Lipinski definition) is 5. The molecule has 1 aromatic heterocycles. The lowest BCUT2D eigenvalue weighted by Crippen LogP contribution is -2.19. The van der Waals surface area contributed by atoms with Crippen LogP contribution in [0.3, 0.4) is 0 Å². The molecule has 0 aliphatic heterocycles. The van der Waals surface area contributed by atoms with E-state index in [4.69, 9.17) is 4.98 Å². The average Bonchev–Trinajstić information content (AvgIpc) is 3.33. The minimum atomic E-state index is -0.483. The van der Waals surface area contributed by atoms with Gasteiger partial charge in [0.05, 0.1) is 5.69 Å². The fourth-order valence-corrected chi connectivity index (χ4v) is 5.99. The topological polar surface area (TPSA) is 71.1 Å².